The van der Waals surface area contributed by atoms with Crippen molar-refractivity contribution in [3.63, 3.8) is 0 Å². The van der Waals surface area contributed by atoms with E-state index in [0.717, 1.165) is 43.8 Å². The second-order valence-electron chi connectivity index (χ2n) is 8.13. The van der Waals surface area contributed by atoms with E-state index < -0.39 is 0 Å². The molecule has 0 atom stereocenters. The number of benzene rings is 6. The zero-order valence-electron chi connectivity index (χ0n) is 19.3. The van der Waals surface area contributed by atoms with E-state index in [-0.39, 0.29) is 17.2 Å². The Hall–Kier alpha value is -4.64. The van der Waals surface area contributed by atoms with E-state index >= 15 is 0 Å². The highest BCUT2D eigenvalue weighted by Crippen LogP contribution is 2.42. The number of ether oxygens (including phenoxy) is 2. The van der Waals surface area contributed by atoms with E-state index in [4.69, 9.17) is 9.47 Å². The standard InChI is InChI=1S/C16H14O2.C14H10O3/c1-17-15-11-7-3-5-9-13(11)16(18-2)14-10-6-4-8-12(14)15;15-12-6-5-10-11(14(12)17)7-8-3-1-2-4-9(8)13(10)16/h3-10H,1-2H3;1-7,15-17H. The largest absolute Gasteiger partial charge is 0.507 e. The van der Waals surface area contributed by atoms with E-state index in [1.165, 1.54) is 6.07 Å². The van der Waals surface area contributed by atoms with Gasteiger partial charge < -0.3 is 24.8 Å². The fraction of sp³-hybridized carbons (Fsp3) is 0.0667. The number of rotatable bonds is 2. The van der Waals surface area contributed by atoms with Gasteiger partial charge in [0.2, 0.25) is 0 Å². The first-order valence-electron chi connectivity index (χ1n) is 11.1. The van der Waals surface area contributed by atoms with Crippen LogP contribution in [0.4, 0.5) is 0 Å². The quantitative estimate of drug-likeness (QED) is 0.188. The van der Waals surface area contributed by atoms with E-state index in [1.54, 1.807) is 26.4 Å². The van der Waals surface area contributed by atoms with Gasteiger partial charge >= 0.3 is 0 Å². The average molecular weight is 465 g/mol. The van der Waals surface area contributed by atoms with Crippen molar-refractivity contribution in [3.05, 3.63) is 91.0 Å². The Kier molecular flexibility index (Phi) is 5.67. The molecule has 5 heteroatoms. The molecular weight excluding hydrogens is 440 g/mol. The van der Waals surface area contributed by atoms with Crippen molar-refractivity contribution < 1.29 is 24.8 Å². The number of phenols is 3. The Morgan fingerprint density at radius 3 is 1.40 bits per heavy atom. The third-order valence-electron chi connectivity index (χ3n) is 6.21. The first kappa shape index (κ1) is 22.2. The maximum Gasteiger partial charge on any atom is 0.165 e. The van der Waals surface area contributed by atoms with E-state index in [2.05, 4.69) is 24.3 Å². The monoisotopic (exact) mass is 464 g/mol. The molecule has 0 aliphatic rings. The Morgan fingerprint density at radius 1 is 0.457 bits per heavy atom. The normalized spacial score (nSPS) is 10.9. The van der Waals surface area contributed by atoms with Gasteiger partial charge in [0.1, 0.15) is 17.2 Å². The van der Waals surface area contributed by atoms with Crippen LogP contribution in [0.15, 0.2) is 91.0 Å². The van der Waals surface area contributed by atoms with Crippen LogP contribution in [0.3, 0.4) is 0 Å². The zero-order valence-corrected chi connectivity index (χ0v) is 19.3. The smallest absolute Gasteiger partial charge is 0.165 e. The van der Waals surface area contributed by atoms with Crippen molar-refractivity contribution in [1.29, 1.82) is 0 Å². The maximum atomic E-state index is 10.1. The minimum absolute atomic E-state index is 0.119. The molecule has 0 aliphatic carbocycles. The van der Waals surface area contributed by atoms with Crippen molar-refractivity contribution >= 4 is 43.1 Å². The minimum Gasteiger partial charge on any atom is -0.507 e. The molecule has 0 saturated carbocycles. The zero-order chi connectivity index (χ0) is 24.5. The van der Waals surface area contributed by atoms with Crippen LogP contribution < -0.4 is 9.47 Å². The second kappa shape index (κ2) is 8.95. The van der Waals surface area contributed by atoms with E-state index in [0.29, 0.717) is 10.8 Å². The Bertz CT molecular complexity index is 1590. The molecule has 0 saturated heterocycles. The molecule has 0 aromatic heterocycles. The van der Waals surface area contributed by atoms with Crippen LogP contribution in [0.1, 0.15) is 0 Å². The summed E-state index contributed by atoms with van der Waals surface area (Å²) < 4.78 is 11.2. The summed E-state index contributed by atoms with van der Waals surface area (Å²) in [4.78, 5) is 0. The van der Waals surface area contributed by atoms with Crippen molar-refractivity contribution in [2.75, 3.05) is 14.2 Å². The molecule has 5 nitrogen and oxygen atoms in total. The van der Waals surface area contributed by atoms with E-state index in [9.17, 15) is 15.3 Å². The first-order valence-corrected chi connectivity index (χ1v) is 11.1. The highest BCUT2D eigenvalue weighted by Gasteiger charge is 2.14. The molecule has 6 rings (SSSR count). The molecule has 0 fully saturated rings. The Balaban J connectivity index is 0.000000145. The number of fused-ring (bicyclic) bond motifs is 4. The molecule has 3 N–H and O–H groups in total. The molecule has 0 spiro atoms. The van der Waals surface area contributed by atoms with Crippen LogP contribution in [0.2, 0.25) is 0 Å². The Labute approximate surface area is 202 Å². The molecule has 0 radical (unpaired) electrons. The first-order chi connectivity index (χ1) is 17.0. The fourth-order valence-electron chi connectivity index (χ4n) is 4.58. The summed E-state index contributed by atoms with van der Waals surface area (Å²) in [7, 11) is 3.42. The van der Waals surface area contributed by atoms with Crippen molar-refractivity contribution in [2.45, 2.75) is 0 Å². The van der Waals surface area contributed by atoms with Crippen molar-refractivity contribution in [2.24, 2.45) is 0 Å². The SMILES string of the molecule is COc1c2ccccc2c(OC)c2ccccc12.Oc1ccc2c(O)c3ccccc3cc2c1O. The highest BCUT2D eigenvalue weighted by atomic mass is 16.5. The van der Waals surface area contributed by atoms with Gasteiger partial charge in [0.25, 0.3) is 0 Å². The van der Waals surface area contributed by atoms with Crippen molar-refractivity contribution in [3.8, 4) is 28.7 Å². The van der Waals surface area contributed by atoms with Crippen molar-refractivity contribution in [1.82, 2.24) is 0 Å². The van der Waals surface area contributed by atoms with Gasteiger partial charge in [0, 0.05) is 37.7 Å². The lowest BCUT2D eigenvalue weighted by Crippen LogP contribution is -1.92. The predicted octanol–water partition coefficient (Wildman–Crippen LogP) is 7.12. The lowest BCUT2D eigenvalue weighted by Gasteiger charge is -2.14. The lowest BCUT2D eigenvalue weighted by molar-refractivity contribution is 0.408. The number of methoxy groups -OCH3 is 2. The van der Waals surface area contributed by atoms with Gasteiger partial charge in [-0.25, -0.2) is 0 Å². The number of hydrogen-bond donors (Lipinski definition) is 3. The van der Waals surface area contributed by atoms with Crippen LogP contribution in [-0.2, 0) is 0 Å². The van der Waals surface area contributed by atoms with Gasteiger partial charge in [-0.2, -0.15) is 0 Å². The molecule has 0 unspecified atom stereocenters. The number of hydrogen-bond acceptors (Lipinski definition) is 5. The molecular formula is C30H24O5. The van der Waals surface area contributed by atoms with Crippen LogP contribution in [0.25, 0.3) is 43.1 Å². The van der Waals surface area contributed by atoms with Gasteiger partial charge in [-0.1, -0.05) is 72.8 Å². The fourth-order valence-corrected chi connectivity index (χ4v) is 4.58. The summed E-state index contributed by atoms with van der Waals surface area (Å²) in [5, 5.41) is 36.2. The Morgan fingerprint density at radius 2 is 0.914 bits per heavy atom. The molecule has 0 amide bonds. The van der Waals surface area contributed by atoms with Gasteiger partial charge in [-0.15, -0.1) is 0 Å². The molecule has 35 heavy (non-hydrogen) atoms. The van der Waals surface area contributed by atoms with Gasteiger partial charge in [-0.3, -0.25) is 0 Å². The molecule has 0 heterocycles. The van der Waals surface area contributed by atoms with Crippen LogP contribution >= 0.6 is 0 Å². The summed E-state index contributed by atoms with van der Waals surface area (Å²) in [6, 6.07) is 28.3. The van der Waals surface area contributed by atoms with Gasteiger partial charge in [0.05, 0.1) is 14.2 Å². The van der Waals surface area contributed by atoms with Gasteiger partial charge in [0.15, 0.2) is 11.5 Å². The summed E-state index contributed by atoms with van der Waals surface area (Å²) in [5.41, 5.74) is 0. The van der Waals surface area contributed by atoms with Crippen LogP contribution in [0.5, 0.6) is 28.7 Å². The lowest BCUT2D eigenvalue weighted by atomic mass is 10.0. The number of phenolic OH excluding ortho intramolecular Hbond substituents is 3. The maximum absolute atomic E-state index is 10.1. The average Bonchev–Trinajstić information content (AvgIpc) is 2.90. The third kappa shape index (κ3) is 3.67. The topological polar surface area (TPSA) is 79.2 Å². The van der Waals surface area contributed by atoms with Gasteiger partial charge in [-0.05, 0) is 23.6 Å². The van der Waals surface area contributed by atoms with Crippen LogP contribution in [-0.4, -0.2) is 29.5 Å². The van der Waals surface area contributed by atoms with Crippen LogP contribution in [0, 0.1) is 0 Å². The third-order valence-corrected chi connectivity index (χ3v) is 6.21. The molecule has 6 aromatic carbocycles. The predicted molar refractivity (Wildman–Crippen MR) is 141 cm³/mol. The molecule has 174 valence electrons. The second-order valence-corrected chi connectivity index (χ2v) is 8.13. The highest BCUT2D eigenvalue weighted by molar-refractivity contribution is 6.11. The molecule has 0 bridgehead atoms. The molecule has 6 aromatic rings. The summed E-state index contributed by atoms with van der Waals surface area (Å²) in [6.07, 6.45) is 0. The van der Waals surface area contributed by atoms with E-state index in [1.807, 2.05) is 48.5 Å². The molecule has 0 aliphatic heterocycles. The summed E-state index contributed by atoms with van der Waals surface area (Å²) in [5.74, 6) is 1.54. The number of aromatic hydroxyl groups is 3. The minimum atomic E-state index is -0.205. The summed E-state index contributed by atoms with van der Waals surface area (Å²) in [6.45, 7) is 0. The summed E-state index contributed by atoms with van der Waals surface area (Å²) >= 11 is 0.